The molecule has 2 aromatic carbocycles. The predicted molar refractivity (Wildman–Crippen MR) is 123 cm³/mol. The van der Waals surface area contributed by atoms with Crippen molar-refractivity contribution >= 4 is 19.7 Å². The van der Waals surface area contributed by atoms with Crippen LogP contribution in [-0.4, -0.2) is 30.6 Å². The summed E-state index contributed by atoms with van der Waals surface area (Å²) in [7, 11) is -0.939. The van der Waals surface area contributed by atoms with E-state index >= 15 is 0 Å². The molecule has 1 aliphatic heterocycles. The quantitative estimate of drug-likeness (QED) is 0.440. The number of nitrogens with zero attached hydrogens (tertiary/aromatic N) is 2. The van der Waals surface area contributed by atoms with Crippen molar-refractivity contribution in [1.82, 2.24) is 9.47 Å². The van der Waals surface area contributed by atoms with Gasteiger partial charge in [0, 0.05) is 31.0 Å². The van der Waals surface area contributed by atoms with Gasteiger partial charge in [-0.25, -0.2) is 0 Å². The molecule has 0 unspecified atom stereocenters. The van der Waals surface area contributed by atoms with Gasteiger partial charge in [-0.3, -0.25) is 4.90 Å². The molecular formula is C24H29ClN2Si. The molecule has 1 saturated heterocycles. The van der Waals surface area contributed by atoms with E-state index in [2.05, 4.69) is 78.0 Å². The maximum absolute atomic E-state index is 6.13. The number of rotatable bonds is 4. The number of para-hydroxylation sites is 1. The van der Waals surface area contributed by atoms with Gasteiger partial charge in [0.15, 0.2) is 0 Å². The normalized spacial score (nSPS) is 17.0. The second kappa shape index (κ2) is 7.90. The maximum atomic E-state index is 6.13. The second-order valence-corrected chi connectivity index (χ2v) is 14.5. The van der Waals surface area contributed by atoms with Gasteiger partial charge >= 0.3 is 0 Å². The van der Waals surface area contributed by atoms with Gasteiger partial charge in [0.25, 0.3) is 0 Å². The van der Waals surface area contributed by atoms with Crippen molar-refractivity contribution in [3.8, 4) is 16.9 Å². The highest BCUT2D eigenvalue weighted by atomic mass is 35.5. The van der Waals surface area contributed by atoms with Crippen LogP contribution >= 0.6 is 11.6 Å². The Bertz CT molecular complexity index is 935. The van der Waals surface area contributed by atoms with E-state index in [9.17, 15) is 0 Å². The van der Waals surface area contributed by atoms with Crippen LogP contribution in [0, 0.1) is 6.92 Å². The minimum atomic E-state index is -0.939. The van der Waals surface area contributed by atoms with Gasteiger partial charge < -0.3 is 4.57 Å². The number of halogens is 1. The minimum absolute atomic E-state index is 0.776. The second-order valence-electron chi connectivity index (χ2n) is 8.76. The van der Waals surface area contributed by atoms with Gasteiger partial charge in [-0.1, -0.05) is 55.0 Å². The molecular weight excluding hydrogens is 380 g/mol. The highest BCUT2D eigenvalue weighted by Crippen LogP contribution is 2.32. The summed E-state index contributed by atoms with van der Waals surface area (Å²) in [6, 6.07) is 24.1. The smallest absolute Gasteiger partial charge is 0.0534 e. The Hall–Kier alpha value is -1.81. The van der Waals surface area contributed by atoms with Crippen LogP contribution in [0.1, 0.15) is 11.3 Å². The van der Waals surface area contributed by atoms with Crippen molar-refractivity contribution in [2.75, 3.05) is 13.1 Å². The van der Waals surface area contributed by atoms with Crippen LogP contribution in [0.5, 0.6) is 0 Å². The number of hydrogen-bond acceptors (Lipinski definition) is 1. The molecule has 1 fully saturated rings. The Morgan fingerprint density at radius 1 is 0.929 bits per heavy atom. The number of benzene rings is 2. The lowest BCUT2D eigenvalue weighted by atomic mass is 10.1. The third-order valence-electron chi connectivity index (χ3n) is 6.11. The highest BCUT2D eigenvalue weighted by Gasteiger charge is 2.28. The fourth-order valence-corrected chi connectivity index (χ4v) is 6.34. The third kappa shape index (κ3) is 4.12. The Balaban J connectivity index is 1.71. The zero-order chi connectivity index (χ0) is 19.7. The molecule has 0 amide bonds. The summed E-state index contributed by atoms with van der Waals surface area (Å²) in [6.45, 7) is 10.8. The summed E-state index contributed by atoms with van der Waals surface area (Å²) < 4.78 is 2.39. The highest BCUT2D eigenvalue weighted by molar-refractivity contribution is 6.77. The first-order valence-corrected chi connectivity index (χ1v) is 14.0. The molecule has 0 atom stereocenters. The van der Waals surface area contributed by atoms with Gasteiger partial charge in [-0.15, -0.1) is 0 Å². The van der Waals surface area contributed by atoms with Crippen LogP contribution in [0.3, 0.4) is 0 Å². The van der Waals surface area contributed by atoms with Crippen molar-refractivity contribution in [2.24, 2.45) is 0 Å². The SMILES string of the molecule is Cc1c(CN2CC[Si](C)(C)CC2)cc(-c2ccc(Cl)cc2)n1-c1ccccc1. The van der Waals surface area contributed by atoms with Gasteiger partial charge in [-0.05, 0) is 73.6 Å². The summed E-state index contributed by atoms with van der Waals surface area (Å²) in [5.74, 6) is 0. The zero-order valence-corrected chi connectivity index (χ0v) is 18.8. The molecule has 4 heteroatoms. The van der Waals surface area contributed by atoms with E-state index in [1.807, 2.05) is 12.1 Å². The van der Waals surface area contributed by atoms with Crippen LogP contribution in [0.15, 0.2) is 60.7 Å². The molecule has 1 aromatic heterocycles. The van der Waals surface area contributed by atoms with Gasteiger partial charge in [0.1, 0.15) is 0 Å². The zero-order valence-electron chi connectivity index (χ0n) is 17.1. The molecule has 0 bridgehead atoms. The lowest BCUT2D eigenvalue weighted by molar-refractivity contribution is 0.281. The lowest BCUT2D eigenvalue weighted by Crippen LogP contribution is -2.42. The fourth-order valence-electron chi connectivity index (χ4n) is 4.12. The standard InChI is InChI=1S/C24H29ClN2Si/c1-19-21(18-26-13-15-28(2,3)16-14-26)17-24(20-9-11-22(25)12-10-20)27(19)23-7-5-4-6-8-23/h4-12,17H,13-16,18H2,1-3H3. The van der Waals surface area contributed by atoms with E-state index in [4.69, 9.17) is 11.6 Å². The van der Waals surface area contributed by atoms with E-state index in [0.29, 0.717) is 0 Å². The average molecular weight is 409 g/mol. The van der Waals surface area contributed by atoms with Crippen LogP contribution in [0.25, 0.3) is 16.9 Å². The molecule has 4 rings (SSSR count). The van der Waals surface area contributed by atoms with E-state index in [0.717, 1.165) is 11.6 Å². The predicted octanol–water partition coefficient (Wildman–Crippen LogP) is 6.63. The van der Waals surface area contributed by atoms with Crippen LogP contribution in [-0.2, 0) is 6.54 Å². The molecule has 146 valence electrons. The van der Waals surface area contributed by atoms with Crippen molar-refractivity contribution in [1.29, 1.82) is 0 Å². The maximum Gasteiger partial charge on any atom is 0.0534 e. The number of aromatic nitrogens is 1. The first-order valence-electron chi connectivity index (χ1n) is 10.2. The third-order valence-corrected chi connectivity index (χ3v) is 9.52. The molecule has 1 aliphatic rings. The Labute approximate surface area is 174 Å². The monoisotopic (exact) mass is 408 g/mol. The van der Waals surface area contributed by atoms with Gasteiger partial charge in [-0.2, -0.15) is 0 Å². The van der Waals surface area contributed by atoms with E-state index in [-0.39, 0.29) is 0 Å². The van der Waals surface area contributed by atoms with Crippen molar-refractivity contribution in [3.05, 3.63) is 76.9 Å². The van der Waals surface area contributed by atoms with E-state index in [1.54, 1.807) is 0 Å². The molecule has 0 saturated carbocycles. The Morgan fingerprint density at radius 2 is 1.57 bits per heavy atom. The summed E-state index contributed by atoms with van der Waals surface area (Å²) in [4.78, 5) is 2.64. The van der Waals surface area contributed by atoms with E-state index < -0.39 is 8.07 Å². The minimum Gasteiger partial charge on any atom is -0.314 e. The molecule has 2 nitrogen and oxygen atoms in total. The average Bonchev–Trinajstić information content (AvgIpc) is 3.01. The van der Waals surface area contributed by atoms with Crippen molar-refractivity contribution in [3.63, 3.8) is 0 Å². The lowest BCUT2D eigenvalue weighted by Gasteiger charge is -2.35. The largest absolute Gasteiger partial charge is 0.314 e. The molecule has 28 heavy (non-hydrogen) atoms. The molecule has 0 spiro atoms. The Morgan fingerprint density at radius 3 is 2.21 bits per heavy atom. The Kier molecular flexibility index (Phi) is 5.50. The van der Waals surface area contributed by atoms with Crippen LogP contribution in [0.4, 0.5) is 0 Å². The molecule has 3 aromatic rings. The van der Waals surface area contributed by atoms with Crippen LogP contribution < -0.4 is 0 Å². The number of hydrogen-bond donors (Lipinski definition) is 0. The van der Waals surface area contributed by atoms with Crippen molar-refractivity contribution in [2.45, 2.75) is 38.7 Å². The summed E-state index contributed by atoms with van der Waals surface area (Å²) in [6.07, 6.45) is 0. The fraction of sp³-hybridized carbons (Fsp3) is 0.333. The molecule has 0 aliphatic carbocycles. The van der Waals surface area contributed by atoms with Crippen LogP contribution in [0.2, 0.25) is 30.2 Å². The first-order chi connectivity index (χ1) is 13.4. The topological polar surface area (TPSA) is 8.17 Å². The molecule has 2 heterocycles. The van der Waals surface area contributed by atoms with E-state index in [1.165, 1.54) is 53.4 Å². The van der Waals surface area contributed by atoms with Gasteiger partial charge in [0.05, 0.1) is 5.69 Å². The van der Waals surface area contributed by atoms with Gasteiger partial charge in [0.2, 0.25) is 0 Å². The summed E-state index contributed by atoms with van der Waals surface area (Å²) in [5, 5.41) is 0.776. The first kappa shape index (κ1) is 19.5. The molecule has 0 radical (unpaired) electrons. The summed E-state index contributed by atoms with van der Waals surface area (Å²) in [5.41, 5.74) is 6.41. The molecule has 0 N–H and O–H groups in total. The summed E-state index contributed by atoms with van der Waals surface area (Å²) >= 11 is 6.13. The van der Waals surface area contributed by atoms with Crippen molar-refractivity contribution < 1.29 is 0 Å².